The first kappa shape index (κ1) is 7.01. The molecule has 0 aliphatic heterocycles. The number of hydrogen-bond acceptors (Lipinski definition) is 4. The minimum absolute atomic E-state index is 0.0995. The van der Waals surface area contributed by atoms with Gasteiger partial charge in [0.05, 0.1) is 5.01 Å². The fraction of sp³-hybridized carbons (Fsp3) is 0.200. The number of carboxylic acids is 1. The van der Waals surface area contributed by atoms with Crippen molar-refractivity contribution in [2.45, 2.75) is 6.92 Å². The molecule has 1 heterocycles. The molecular formula is C5H5NO3S. The van der Waals surface area contributed by atoms with Gasteiger partial charge in [-0.15, -0.1) is 11.3 Å². The minimum atomic E-state index is -1.14. The Bertz CT molecular complexity index is 268. The van der Waals surface area contributed by atoms with Crippen LogP contribution in [0.5, 0.6) is 5.88 Å². The predicted octanol–water partition coefficient (Wildman–Crippen LogP) is 0.855. The van der Waals surface area contributed by atoms with E-state index >= 15 is 0 Å². The van der Waals surface area contributed by atoms with E-state index in [9.17, 15) is 4.79 Å². The van der Waals surface area contributed by atoms with Gasteiger partial charge in [0.1, 0.15) is 0 Å². The van der Waals surface area contributed by atoms with Gasteiger partial charge in [0, 0.05) is 0 Å². The number of aromatic carboxylic acids is 1. The van der Waals surface area contributed by atoms with E-state index in [-0.39, 0.29) is 4.88 Å². The van der Waals surface area contributed by atoms with Crippen molar-refractivity contribution < 1.29 is 15.0 Å². The molecule has 0 atom stereocenters. The summed E-state index contributed by atoms with van der Waals surface area (Å²) in [6.45, 7) is 1.64. The van der Waals surface area contributed by atoms with Gasteiger partial charge in [0.15, 0.2) is 4.88 Å². The van der Waals surface area contributed by atoms with E-state index in [0.717, 1.165) is 11.3 Å². The Morgan fingerprint density at radius 2 is 2.30 bits per heavy atom. The normalized spacial score (nSPS) is 9.70. The number of aromatic hydroxyl groups is 1. The molecule has 4 nitrogen and oxygen atoms in total. The van der Waals surface area contributed by atoms with E-state index in [0.29, 0.717) is 5.01 Å². The SMILES string of the molecule is Cc1nc(O)c(C(=O)O)s1. The van der Waals surface area contributed by atoms with Crippen LogP contribution < -0.4 is 0 Å². The highest BCUT2D eigenvalue weighted by atomic mass is 32.1. The summed E-state index contributed by atoms with van der Waals surface area (Å²) >= 11 is 0.962. The topological polar surface area (TPSA) is 70.4 Å². The molecule has 0 saturated heterocycles. The summed E-state index contributed by atoms with van der Waals surface area (Å²) < 4.78 is 0. The summed E-state index contributed by atoms with van der Waals surface area (Å²) in [5, 5.41) is 17.8. The highest BCUT2D eigenvalue weighted by Crippen LogP contribution is 2.22. The van der Waals surface area contributed by atoms with Gasteiger partial charge < -0.3 is 10.2 Å². The van der Waals surface area contributed by atoms with Crippen LogP contribution in [0.2, 0.25) is 0 Å². The second kappa shape index (κ2) is 2.26. The summed E-state index contributed by atoms with van der Waals surface area (Å²) in [5.41, 5.74) is 0. The van der Waals surface area contributed by atoms with Gasteiger partial charge in [-0.2, -0.15) is 0 Å². The zero-order chi connectivity index (χ0) is 7.72. The zero-order valence-corrected chi connectivity index (χ0v) is 5.97. The van der Waals surface area contributed by atoms with E-state index in [1.165, 1.54) is 0 Å². The lowest BCUT2D eigenvalue weighted by atomic mass is 10.5. The summed E-state index contributed by atoms with van der Waals surface area (Å²) in [6.07, 6.45) is 0. The van der Waals surface area contributed by atoms with Crippen molar-refractivity contribution in [1.29, 1.82) is 0 Å². The molecular weight excluding hydrogens is 154 g/mol. The standard InChI is InChI=1S/C5H5NO3S/c1-2-6-4(7)3(10-2)5(8)9/h7H,1H3,(H,8,9). The predicted molar refractivity (Wildman–Crippen MR) is 35.5 cm³/mol. The van der Waals surface area contributed by atoms with Gasteiger partial charge in [0.25, 0.3) is 0 Å². The van der Waals surface area contributed by atoms with Crippen LogP contribution in [0.4, 0.5) is 0 Å². The number of aromatic nitrogens is 1. The quantitative estimate of drug-likeness (QED) is 0.637. The molecule has 2 N–H and O–H groups in total. The molecule has 0 saturated carbocycles. The third-order valence-corrected chi connectivity index (χ3v) is 1.86. The molecule has 54 valence electrons. The molecule has 0 aromatic carbocycles. The van der Waals surface area contributed by atoms with Crippen LogP contribution >= 0.6 is 11.3 Å². The highest BCUT2D eigenvalue weighted by Gasteiger charge is 2.13. The van der Waals surface area contributed by atoms with Crippen LogP contribution in [0.1, 0.15) is 14.7 Å². The van der Waals surface area contributed by atoms with Crippen molar-refractivity contribution in [2.75, 3.05) is 0 Å². The smallest absolute Gasteiger partial charge is 0.351 e. The van der Waals surface area contributed by atoms with Gasteiger partial charge in [0.2, 0.25) is 5.88 Å². The number of rotatable bonds is 1. The molecule has 5 heteroatoms. The van der Waals surface area contributed by atoms with E-state index < -0.39 is 11.8 Å². The van der Waals surface area contributed by atoms with Crippen LogP contribution in [0.3, 0.4) is 0 Å². The number of hydrogen-bond donors (Lipinski definition) is 2. The van der Waals surface area contributed by atoms with Crippen LogP contribution in [0, 0.1) is 6.92 Å². The molecule has 0 radical (unpaired) electrons. The van der Waals surface area contributed by atoms with Gasteiger partial charge in [-0.1, -0.05) is 0 Å². The summed E-state index contributed by atoms with van der Waals surface area (Å²) in [4.78, 5) is 13.7. The van der Waals surface area contributed by atoms with Crippen molar-refractivity contribution >= 4 is 17.3 Å². The Kier molecular flexibility index (Phi) is 1.58. The molecule has 0 aliphatic carbocycles. The fourth-order valence-corrected chi connectivity index (χ4v) is 1.21. The van der Waals surface area contributed by atoms with Gasteiger partial charge in [-0.3, -0.25) is 0 Å². The first-order chi connectivity index (χ1) is 4.61. The third-order valence-electron chi connectivity index (χ3n) is 0.910. The average molecular weight is 159 g/mol. The van der Waals surface area contributed by atoms with Crippen LogP contribution in [0.25, 0.3) is 0 Å². The molecule has 0 unspecified atom stereocenters. The lowest BCUT2D eigenvalue weighted by Gasteiger charge is -1.83. The maximum atomic E-state index is 10.2. The van der Waals surface area contributed by atoms with Gasteiger partial charge in [-0.25, -0.2) is 9.78 Å². The van der Waals surface area contributed by atoms with Crippen LogP contribution in [-0.2, 0) is 0 Å². The molecule has 1 aromatic rings. The van der Waals surface area contributed by atoms with E-state index in [2.05, 4.69) is 4.98 Å². The van der Waals surface area contributed by atoms with Crippen LogP contribution in [-0.4, -0.2) is 21.2 Å². The molecule has 0 aliphatic rings. The average Bonchev–Trinajstić information content (AvgIpc) is 2.10. The third kappa shape index (κ3) is 1.08. The molecule has 0 amide bonds. The molecule has 10 heavy (non-hydrogen) atoms. The lowest BCUT2D eigenvalue weighted by molar-refractivity contribution is 0.0699. The lowest BCUT2D eigenvalue weighted by Crippen LogP contribution is -1.91. The highest BCUT2D eigenvalue weighted by molar-refractivity contribution is 7.13. The van der Waals surface area contributed by atoms with E-state index in [1.807, 2.05) is 0 Å². The second-order valence-corrected chi connectivity index (χ2v) is 2.89. The van der Waals surface area contributed by atoms with Crippen molar-refractivity contribution in [3.63, 3.8) is 0 Å². The molecule has 0 spiro atoms. The Morgan fingerprint density at radius 3 is 2.50 bits per heavy atom. The van der Waals surface area contributed by atoms with Crippen LogP contribution in [0.15, 0.2) is 0 Å². The largest absolute Gasteiger partial charge is 0.492 e. The summed E-state index contributed by atoms with van der Waals surface area (Å²) in [6, 6.07) is 0. The van der Waals surface area contributed by atoms with E-state index in [4.69, 9.17) is 10.2 Å². The summed E-state index contributed by atoms with van der Waals surface area (Å²) in [7, 11) is 0. The van der Waals surface area contributed by atoms with Crippen molar-refractivity contribution in [1.82, 2.24) is 4.98 Å². The molecule has 0 bridgehead atoms. The first-order valence-corrected chi connectivity index (χ1v) is 3.32. The second-order valence-electron chi connectivity index (χ2n) is 1.69. The number of carbonyl (C=O) groups is 1. The Hall–Kier alpha value is -1.10. The number of aryl methyl sites for hydroxylation is 1. The van der Waals surface area contributed by atoms with Crippen molar-refractivity contribution in [3.05, 3.63) is 9.88 Å². The van der Waals surface area contributed by atoms with Crippen molar-refractivity contribution in [3.8, 4) is 5.88 Å². The van der Waals surface area contributed by atoms with E-state index in [1.54, 1.807) is 6.92 Å². The monoisotopic (exact) mass is 159 g/mol. The zero-order valence-electron chi connectivity index (χ0n) is 5.16. The number of nitrogens with zero attached hydrogens (tertiary/aromatic N) is 1. The van der Waals surface area contributed by atoms with Crippen molar-refractivity contribution in [2.24, 2.45) is 0 Å². The number of carboxylic acid groups (broad SMARTS) is 1. The maximum absolute atomic E-state index is 10.2. The minimum Gasteiger partial charge on any atom is -0.492 e. The first-order valence-electron chi connectivity index (χ1n) is 2.51. The molecule has 1 rings (SSSR count). The van der Waals surface area contributed by atoms with Gasteiger partial charge >= 0.3 is 5.97 Å². The molecule has 0 fully saturated rings. The maximum Gasteiger partial charge on any atom is 0.351 e. The Morgan fingerprint density at radius 1 is 1.70 bits per heavy atom. The Balaban J connectivity index is 3.15. The number of thiazole rings is 1. The molecule has 1 aromatic heterocycles. The summed E-state index contributed by atoms with van der Waals surface area (Å²) in [5.74, 6) is -1.53. The van der Waals surface area contributed by atoms with Gasteiger partial charge in [-0.05, 0) is 6.92 Å². The Labute approximate surface area is 60.8 Å². The fourth-order valence-electron chi connectivity index (χ4n) is 0.555.